The van der Waals surface area contributed by atoms with Crippen molar-refractivity contribution in [2.45, 2.75) is 24.2 Å². The largest absolute Gasteiger partial charge is 0.467 e. The number of urea groups is 1. The number of carbonyl (C=O) groups is 1. The Balaban J connectivity index is 1.54. The van der Waals surface area contributed by atoms with Gasteiger partial charge in [0.2, 0.25) is 0 Å². The summed E-state index contributed by atoms with van der Waals surface area (Å²) in [6.07, 6.45) is -3.35. The van der Waals surface area contributed by atoms with Crippen LogP contribution in [0.2, 0.25) is 0 Å². The van der Waals surface area contributed by atoms with Crippen molar-refractivity contribution in [2.24, 2.45) is 0 Å². The van der Waals surface area contributed by atoms with Crippen LogP contribution in [0.1, 0.15) is 16.9 Å². The molecule has 0 spiro atoms. The van der Waals surface area contributed by atoms with Crippen LogP contribution in [0.25, 0.3) is 0 Å². The van der Waals surface area contributed by atoms with Crippen LogP contribution in [0.15, 0.2) is 94.4 Å². The fourth-order valence-corrected chi connectivity index (χ4v) is 4.46. The highest BCUT2D eigenvalue weighted by atomic mass is 32.2. The molecule has 0 radical (unpaired) electrons. The Morgan fingerprint density at radius 3 is 2.36 bits per heavy atom. The second-order valence-corrected chi connectivity index (χ2v) is 9.75. The molecule has 4 aromatic rings. The molecule has 2 amide bonds. The summed E-state index contributed by atoms with van der Waals surface area (Å²) in [5.74, 6) is -2.05. The standard InChI is InChI=1S/C26H19F5N2O5S/c27-23-10-9-19(14-24(23)28)32-25(34)33(16-21-7-3-11-37-21)15-17-4-1-6-20(12-17)38-39(35,36)22-8-2-5-18(13-22)26(29,30)31/h1-14H,15-16H2,(H,32,34). The lowest BCUT2D eigenvalue weighted by Gasteiger charge is -2.22. The number of hydrogen-bond acceptors (Lipinski definition) is 5. The van der Waals surface area contributed by atoms with Crippen molar-refractivity contribution in [1.82, 2.24) is 4.90 Å². The predicted molar refractivity (Wildman–Crippen MR) is 129 cm³/mol. The third-order valence-electron chi connectivity index (χ3n) is 5.31. The van der Waals surface area contributed by atoms with E-state index in [1.165, 1.54) is 35.4 Å². The van der Waals surface area contributed by atoms with E-state index in [1.807, 2.05) is 0 Å². The number of rotatable bonds is 8. The molecule has 13 heteroatoms. The summed E-state index contributed by atoms with van der Waals surface area (Å²) in [6, 6.07) is 14.0. The summed E-state index contributed by atoms with van der Waals surface area (Å²) < 4.78 is 102. The summed E-state index contributed by atoms with van der Waals surface area (Å²) in [6.45, 7) is -0.160. The van der Waals surface area contributed by atoms with Crippen LogP contribution >= 0.6 is 0 Å². The maximum absolute atomic E-state index is 13.6. The van der Waals surface area contributed by atoms with Gasteiger partial charge in [-0.15, -0.1) is 0 Å². The molecule has 3 aromatic carbocycles. The van der Waals surface area contributed by atoms with E-state index in [1.54, 1.807) is 18.2 Å². The first-order valence-corrected chi connectivity index (χ1v) is 12.6. The normalized spacial score (nSPS) is 11.7. The first kappa shape index (κ1) is 27.6. The molecule has 7 nitrogen and oxygen atoms in total. The molecule has 39 heavy (non-hydrogen) atoms. The van der Waals surface area contributed by atoms with Crippen molar-refractivity contribution in [2.75, 3.05) is 5.32 Å². The first-order chi connectivity index (χ1) is 18.4. The van der Waals surface area contributed by atoms with Gasteiger partial charge in [-0.3, -0.25) is 0 Å². The summed E-state index contributed by atoms with van der Waals surface area (Å²) >= 11 is 0. The Hall–Kier alpha value is -4.39. The molecule has 1 aromatic heterocycles. The van der Waals surface area contributed by atoms with Crippen molar-refractivity contribution in [1.29, 1.82) is 0 Å². The van der Waals surface area contributed by atoms with Crippen LogP contribution in [-0.2, 0) is 29.4 Å². The lowest BCUT2D eigenvalue weighted by Crippen LogP contribution is -2.34. The van der Waals surface area contributed by atoms with Crippen molar-refractivity contribution >= 4 is 21.8 Å². The monoisotopic (exact) mass is 566 g/mol. The highest BCUT2D eigenvalue weighted by Crippen LogP contribution is 2.31. The van der Waals surface area contributed by atoms with Crippen LogP contribution in [0.4, 0.5) is 32.4 Å². The minimum absolute atomic E-state index is 0.00684. The lowest BCUT2D eigenvalue weighted by molar-refractivity contribution is -0.137. The fourth-order valence-electron chi connectivity index (χ4n) is 3.49. The SMILES string of the molecule is O=C(Nc1ccc(F)c(F)c1)N(Cc1cccc(OS(=O)(=O)c2cccc(C(F)(F)F)c2)c1)Cc1ccco1. The molecule has 0 aliphatic rings. The van der Waals surface area contributed by atoms with Gasteiger partial charge >= 0.3 is 22.3 Å². The maximum Gasteiger partial charge on any atom is 0.416 e. The lowest BCUT2D eigenvalue weighted by atomic mass is 10.2. The number of halogens is 5. The number of carbonyl (C=O) groups excluding carboxylic acids is 1. The number of furan rings is 1. The van der Waals surface area contributed by atoms with Crippen LogP contribution in [0.3, 0.4) is 0 Å². The van der Waals surface area contributed by atoms with E-state index < -0.39 is 44.4 Å². The van der Waals surface area contributed by atoms with Gasteiger partial charge in [0.25, 0.3) is 0 Å². The summed E-state index contributed by atoms with van der Waals surface area (Å²) in [7, 11) is -4.62. The van der Waals surface area contributed by atoms with Gasteiger partial charge in [0.05, 0.1) is 18.4 Å². The predicted octanol–water partition coefficient (Wildman–Crippen LogP) is 6.58. The highest BCUT2D eigenvalue weighted by molar-refractivity contribution is 7.87. The zero-order chi connectivity index (χ0) is 28.2. The second-order valence-electron chi connectivity index (χ2n) is 8.20. The van der Waals surface area contributed by atoms with Crippen molar-refractivity contribution in [3.8, 4) is 5.75 Å². The quantitative estimate of drug-likeness (QED) is 0.192. The van der Waals surface area contributed by atoms with E-state index in [9.17, 15) is 35.2 Å². The average molecular weight is 567 g/mol. The number of nitrogens with zero attached hydrogens (tertiary/aromatic N) is 1. The molecule has 0 unspecified atom stereocenters. The zero-order valence-electron chi connectivity index (χ0n) is 19.8. The molecule has 0 aliphatic carbocycles. The molecule has 0 atom stereocenters. The van der Waals surface area contributed by atoms with Crippen LogP contribution in [0, 0.1) is 11.6 Å². The number of anilines is 1. The molecular weight excluding hydrogens is 547 g/mol. The minimum Gasteiger partial charge on any atom is -0.467 e. The molecular formula is C26H19F5N2O5S. The summed E-state index contributed by atoms with van der Waals surface area (Å²) in [4.78, 5) is 13.6. The number of alkyl halides is 3. The third kappa shape index (κ3) is 7.13. The smallest absolute Gasteiger partial charge is 0.416 e. The van der Waals surface area contributed by atoms with E-state index >= 15 is 0 Å². The van der Waals surface area contributed by atoms with Gasteiger partial charge in [0.1, 0.15) is 16.4 Å². The van der Waals surface area contributed by atoms with Gasteiger partial charge in [-0.2, -0.15) is 21.6 Å². The Bertz CT molecular complexity index is 1570. The number of amides is 2. The van der Waals surface area contributed by atoms with Crippen molar-refractivity contribution in [3.63, 3.8) is 0 Å². The maximum atomic E-state index is 13.6. The van der Waals surface area contributed by atoms with E-state index in [4.69, 9.17) is 8.60 Å². The van der Waals surface area contributed by atoms with Crippen LogP contribution < -0.4 is 9.50 Å². The number of hydrogen-bond donors (Lipinski definition) is 1. The molecule has 4 rings (SSSR count). The van der Waals surface area contributed by atoms with E-state index in [0.29, 0.717) is 17.4 Å². The Morgan fingerprint density at radius 2 is 1.67 bits per heavy atom. The van der Waals surface area contributed by atoms with E-state index in [0.717, 1.165) is 30.3 Å². The van der Waals surface area contributed by atoms with Gasteiger partial charge in [-0.05, 0) is 60.2 Å². The van der Waals surface area contributed by atoms with Gasteiger partial charge in [-0.25, -0.2) is 13.6 Å². The Labute approximate surface area is 219 Å². The van der Waals surface area contributed by atoms with Gasteiger partial charge < -0.3 is 18.8 Å². The van der Waals surface area contributed by atoms with E-state index in [-0.39, 0.29) is 24.5 Å². The van der Waals surface area contributed by atoms with Gasteiger partial charge in [0.15, 0.2) is 11.6 Å². The minimum atomic E-state index is -4.75. The van der Waals surface area contributed by atoms with Crippen molar-refractivity contribution < 1.29 is 43.8 Å². The van der Waals surface area contributed by atoms with E-state index in [2.05, 4.69) is 5.32 Å². The van der Waals surface area contributed by atoms with Gasteiger partial charge in [0, 0.05) is 18.3 Å². The average Bonchev–Trinajstić information content (AvgIpc) is 3.39. The Kier molecular flexibility index (Phi) is 7.90. The van der Waals surface area contributed by atoms with Crippen LogP contribution in [-0.4, -0.2) is 19.3 Å². The highest BCUT2D eigenvalue weighted by Gasteiger charge is 2.32. The third-order valence-corrected chi connectivity index (χ3v) is 6.56. The fraction of sp³-hybridized carbons (Fsp3) is 0.115. The molecule has 0 saturated carbocycles. The summed E-state index contributed by atoms with van der Waals surface area (Å²) in [5.41, 5.74) is -0.770. The molecule has 0 fully saturated rings. The molecule has 204 valence electrons. The van der Waals surface area contributed by atoms with Crippen molar-refractivity contribution in [3.05, 3.63) is 114 Å². The number of nitrogens with one attached hydrogen (secondary N) is 1. The topological polar surface area (TPSA) is 88.9 Å². The first-order valence-electron chi connectivity index (χ1n) is 11.1. The van der Waals surface area contributed by atoms with Crippen LogP contribution in [0.5, 0.6) is 5.75 Å². The molecule has 1 N–H and O–H groups in total. The molecule has 0 saturated heterocycles. The molecule has 0 bridgehead atoms. The number of benzene rings is 3. The molecule has 1 heterocycles. The molecule has 0 aliphatic heterocycles. The van der Waals surface area contributed by atoms with Gasteiger partial charge in [-0.1, -0.05) is 18.2 Å². The zero-order valence-corrected chi connectivity index (χ0v) is 20.6. The summed E-state index contributed by atoms with van der Waals surface area (Å²) in [5, 5.41) is 2.45. The Morgan fingerprint density at radius 1 is 0.897 bits per heavy atom. The second kappa shape index (κ2) is 11.2.